The lowest BCUT2D eigenvalue weighted by molar-refractivity contribution is 0.0734. The first kappa shape index (κ1) is 24.2. The number of benzene rings is 3. The number of ether oxygens (including phenoxy) is 2. The number of aryl methyl sites for hydroxylation is 4. The van der Waals surface area contributed by atoms with Crippen molar-refractivity contribution in [3.05, 3.63) is 93.0 Å². The van der Waals surface area contributed by atoms with Crippen LogP contribution in [0.15, 0.2) is 48.5 Å². The number of methoxy groups -OCH3 is 1. The first-order valence-corrected chi connectivity index (χ1v) is 11.1. The molecule has 4 heteroatoms. The monoisotopic (exact) mass is 444 g/mol. The van der Waals surface area contributed by atoms with Crippen LogP contribution in [0.4, 0.5) is 0 Å². The molecule has 0 atom stereocenters. The van der Waals surface area contributed by atoms with E-state index >= 15 is 0 Å². The molecule has 3 aromatic carbocycles. The lowest BCUT2D eigenvalue weighted by Crippen LogP contribution is -2.24. The molecule has 0 fully saturated rings. The summed E-state index contributed by atoms with van der Waals surface area (Å²) in [5.74, 6) is 0.776. The van der Waals surface area contributed by atoms with Crippen LogP contribution < -0.4 is 9.47 Å². The van der Waals surface area contributed by atoms with Gasteiger partial charge in [-0.15, -0.1) is 0 Å². The van der Waals surface area contributed by atoms with Crippen molar-refractivity contribution in [2.45, 2.75) is 53.9 Å². The molecular weight excluding hydrogens is 412 g/mol. The molecule has 0 aliphatic rings. The number of hydrogen-bond acceptors (Lipinski definition) is 4. The van der Waals surface area contributed by atoms with E-state index < -0.39 is 5.97 Å². The number of Topliss-reactive ketones (excluding diaryl/α,β-unsaturated/α-hetero) is 1. The Morgan fingerprint density at radius 1 is 0.727 bits per heavy atom. The molecule has 0 amide bonds. The summed E-state index contributed by atoms with van der Waals surface area (Å²) in [5.41, 5.74) is 7.51. The summed E-state index contributed by atoms with van der Waals surface area (Å²) in [7, 11) is 1.68. The Balaban J connectivity index is 1.97. The molecule has 0 heterocycles. The van der Waals surface area contributed by atoms with Crippen LogP contribution in [0.1, 0.15) is 74.9 Å². The van der Waals surface area contributed by atoms with Gasteiger partial charge in [0.15, 0.2) is 5.78 Å². The van der Waals surface area contributed by atoms with E-state index in [1.54, 1.807) is 31.4 Å². The van der Waals surface area contributed by atoms with Crippen molar-refractivity contribution in [3.63, 3.8) is 0 Å². The maximum atomic E-state index is 12.7. The molecule has 4 nitrogen and oxygen atoms in total. The molecule has 0 aliphatic carbocycles. The van der Waals surface area contributed by atoms with Crippen LogP contribution in [0.2, 0.25) is 0 Å². The summed E-state index contributed by atoms with van der Waals surface area (Å²) >= 11 is 0. The summed E-state index contributed by atoms with van der Waals surface area (Å²) in [5, 5.41) is 0. The fraction of sp³-hybridized carbons (Fsp3) is 0.310. The number of carbonyl (C=O) groups is 2. The molecule has 0 saturated carbocycles. The normalized spacial score (nSPS) is 11.3. The van der Waals surface area contributed by atoms with E-state index in [2.05, 4.69) is 39.8 Å². The van der Waals surface area contributed by atoms with Crippen LogP contribution in [-0.4, -0.2) is 18.9 Å². The number of esters is 1. The van der Waals surface area contributed by atoms with Crippen LogP contribution in [0, 0.1) is 27.7 Å². The minimum absolute atomic E-state index is 0.0907. The molecule has 0 N–H and O–H groups in total. The maximum Gasteiger partial charge on any atom is 0.343 e. The van der Waals surface area contributed by atoms with E-state index in [1.807, 2.05) is 26.0 Å². The molecule has 0 aliphatic heterocycles. The van der Waals surface area contributed by atoms with Crippen LogP contribution in [-0.2, 0) is 5.41 Å². The molecule has 0 bridgehead atoms. The second kappa shape index (κ2) is 9.22. The fourth-order valence-corrected chi connectivity index (χ4v) is 5.15. The van der Waals surface area contributed by atoms with Gasteiger partial charge in [-0.1, -0.05) is 26.0 Å². The molecule has 0 saturated heterocycles. The molecule has 33 heavy (non-hydrogen) atoms. The Kier molecular flexibility index (Phi) is 6.78. The van der Waals surface area contributed by atoms with E-state index in [1.165, 1.54) is 29.2 Å². The zero-order valence-corrected chi connectivity index (χ0v) is 20.8. The van der Waals surface area contributed by atoms with E-state index in [9.17, 15) is 9.59 Å². The van der Waals surface area contributed by atoms with Gasteiger partial charge >= 0.3 is 5.97 Å². The van der Waals surface area contributed by atoms with Gasteiger partial charge in [-0.25, -0.2) is 4.79 Å². The molecule has 0 spiro atoms. The van der Waals surface area contributed by atoms with Crippen molar-refractivity contribution >= 4 is 11.8 Å². The standard InChI is InChI=1S/C29H32O4/c1-17-12-24(32-8)13-18(2)26(17)29(6,7)27-19(3)14-25(15-20(27)4)33-28(31)23-11-9-10-22(16-23)21(5)30/h9-16H,1-8H3. The molecule has 172 valence electrons. The average Bonchev–Trinajstić information content (AvgIpc) is 2.72. The van der Waals surface area contributed by atoms with Crippen molar-refractivity contribution in [1.82, 2.24) is 0 Å². The molecular formula is C29H32O4. The Labute approximate surface area is 196 Å². The first-order valence-electron chi connectivity index (χ1n) is 11.1. The zero-order valence-electron chi connectivity index (χ0n) is 20.8. The number of rotatable bonds is 6. The van der Waals surface area contributed by atoms with Crippen LogP contribution in [0.5, 0.6) is 11.5 Å². The zero-order chi connectivity index (χ0) is 24.5. The SMILES string of the molecule is COc1cc(C)c(C(C)(C)c2c(C)cc(OC(=O)c3cccc(C(C)=O)c3)cc2C)c(C)c1. The Morgan fingerprint density at radius 2 is 1.18 bits per heavy atom. The van der Waals surface area contributed by atoms with Crippen molar-refractivity contribution < 1.29 is 19.1 Å². The number of ketones is 1. The van der Waals surface area contributed by atoms with Crippen molar-refractivity contribution in [3.8, 4) is 11.5 Å². The third-order valence-corrected chi connectivity index (χ3v) is 6.21. The average molecular weight is 445 g/mol. The van der Waals surface area contributed by atoms with Crippen LogP contribution in [0.3, 0.4) is 0 Å². The fourth-order valence-electron chi connectivity index (χ4n) is 5.15. The highest BCUT2D eigenvalue weighted by atomic mass is 16.5. The number of carbonyl (C=O) groups excluding carboxylic acids is 2. The lowest BCUT2D eigenvalue weighted by Gasteiger charge is -2.33. The van der Waals surface area contributed by atoms with Crippen molar-refractivity contribution in [2.75, 3.05) is 7.11 Å². The van der Waals surface area contributed by atoms with E-state index in [0.29, 0.717) is 16.9 Å². The molecule has 3 aromatic rings. The van der Waals surface area contributed by atoms with Gasteiger partial charge in [0.1, 0.15) is 11.5 Å². The maximum absolute atomic E-state index is 12.7. The number of hydrogen-bond donors (Lipinski definition) is 0. The van der Waals surface area contributed by atoms with Crippen molar-refractivity contribution in [2.24, 2.45) is 0 Å². The molecule has 0 radical (unpaired) electrons. The van der Waals surface area contributed by atoms with Gasteiger partial charge in [0.25, 0.3) is 0 Å². The predicted molar refractivity (Wildman–Crippen MR) is 132 cm³/mol. The Bertz CT molecular complexity index is 1190. The largest absolute Gasteiger partial charge is 0.497 e. The van der Waals surface area contributed by atoms with Gasteiger partial charge < -0.3 is 9.47 Å². The van der Waals surface area contributed by atoms with Gasteiger partial charge in [-0.05, 0) is 104 Å². The van der Waals surface area contributed by atoms with Gasteiger partial charge in [0, 0.05) is 11.0 Å². The predicted octanol–water partition coefficient (Wildman–Crippen LogP) is 6.68. The summed E-state index contributed by atoms with van der Waals surface area (Å²) in [4.78, 5) is 24.4. The van der Waals surface area contributed by atoms with Crippen LogP contribution >= 0.6 is 0 Å². The van der Waals surface area contributed by atoms with Gasteiger partial charge in [0.05, 0.1) is 12.7 Å². The van der Waals surface area contributed by atoms with E-state index in [-0.39, 0.29) is 11.2 Å². The summed E-state index contributed by atoms with van der Waals surface area (Å²) in [6, 6.07) is 14.6. The van der Waals surface area contributed by atoms with E-state index in [4.69, 9.17) is 9.47 Å². The minimum Gasteiger partial charge on any atom is -0.497 e. The van der Waals surface area contributed by atoms with Crippen molar-refractivity contribution in [1.29, 1.82) is 0 Å². The van der Waals surface area contributed by atoms with Gasteiger partial charge in [-0.2, -0.15) is 0 Å². The Morgan fingerprint density at radius 3 is 1.64 bits per heavy atom. The lowest BCUT2D eigenvalue weighted by atomic mass is 9.71. The highest BCUT2D eigenvalue weighted by molar-refractivity contribution is 5.98. The summed E-state index contributed by atoms with van der Waals surface area (Å²) < 4.78 is 11.1. The highest BCUT2D eigenvalue weighted by Gasteiger charge is 2.30. The van der Waals surface area contributed by atoms with Gasteiger partial charge in [-0.3, -0.25) is 4.79 Å². The van der Waals surface area contributed by atoms with Crippen LogP contribution in [0.25, 0.3) is 0 Å². The topological polar surface area (TPSA) is 52.6 Å². The first-order chi connectivity index (χ1) is 15.4. The third kappa shape index (κ3) is 4.85. The Hall–Kier alpha value is -3.40. The molecule has 0 unspecified atom stereocenters. The second-order valence-electron chi connectivity index (χ2n) is 9.22. The highest BCUT2D eigenvalue weighted by Crippen LogP contribution is 2.41. The smallest absolute Gasteiger partial charge is 0.343 e. The summed E-state index contributed by atoms with van der Waals surface area (Å²) in [6.07, 6.45) is 0. The molecule has 0 aromatic heterocycles. The van der Waals surface area contributed by atoms with Gasteiger partial charge in [0.2, 0.25) is 0 Å². The second-order valence-corrected chi connectivity index (χ2v) is 9.22. The molecule has 3 rings (SSSR count). The summed E-state index contributed by atoms with van der Waals surface area (Å²) in [6.45, 7) is 14.2. The van der Waals surface area contributed by atoms with E-state index in [0.717, 1.165) is 16.9 Å². The minimum atomic E-state index is -0.481. The quantitative estimate of drug-likeness (QED) is 0.242. The third-order valence-electron chi connectivity index (χ3n) is 6.21.